The summed E-state index contributed by atoms with van der Waals surface area (Å²) in [7, 11) is -2.03. The van der Waals surface area contributed by atoms with Crippen LogP contribution in [0.15, 0.2) is 34.0 Å². The molecule has 0 amide bonds. The monoisotopic (exact) mass is 311 g/mol. The van der Waals surface area contributed by atoms with E-state index in [4.69, 9.17) is 0 Å². The maximum absolute atomic E-state index is 11.8. The van der Waals surface area contributed by atoms with Gasteiger partial charge in [0.1, 0.15) is 0 Å². The largest absolute Gasteiger partial charge is 0.377 e. The van der Waals surface area contributed by atoms with E-state index in [9.17, 15) is 8.42 Å². The number of hydrogen-bond acceptors (Lipinski definition) is 5. The van der Waals surface area contributed by atoms with Crippen molar-refractivity contribution >= 4 is 27.0 Å². The molecule has 0 aliphatic rings. The Morgan fingerprint density at radius 1 is 1.35 bits per heavy atom. The number of hydrogen-bond donors (Lipinski definition) is 2. The van der Waals surface area contributed by atoms with Gasteiger partial charge in [-0.1, -0.05) is 6.07 Å². The highest BCUT2D eigenvalue weighted by Gasteiger charge is 2.14. The molecule has 0 fully saturated rings. The molecule has 1 aromatic carbocycles. The van der Waals surface area contributed by atoms with Crippen molar-refractivity contribution in [3.8, 4) is 0 Å². The van der Waals surface area contributed by atoms with Crippen LogP contribution in [0.1, 0.15) is 24.2 Å². The lowest BCUT2D eigenvalue weighted by molar-refractivity contribution is 0.588. The van der Waals surface area contributed by atoms with Crippen molar-refractivity contribution in [2.45, 2.75) is 24.8 Å². The van der Waals surface area contributed by atoms with Crippen molar-refractivity contribution in [1.82, 2.24) is 9.71 Å². The van der Waals surface area contributed by atoms with E-state index in [2.05, 4.69) is 15.0 Å². The van der Waals surface area contributed by atoms with Crippen LogP contribution in [0.25, 0.3) is 0 Å². The van der Waals surface area contributed by atoms with Crippen molar-refractivity contribution in [2.75, 3.05) is 12.4 Å². The van der Waals surface area contributed by atoms with Gasteiger partial charge in [-0.15, -0.1) is 11.3 Å². The smallest absolute Gasteiger partial charge is 0.240 e. The fourth-order valence-electron chi connectivity index (χ4n) is 1.78. The van der Waals surface area contributed by atoms with Crippen molar-refractivity contribution in [3.63, 3.8) is 0 Å². The highest BCUT2D eigenvalue weighted by atomic mass is 32.2. The summed E-state index contributed by atoms with van der Waals surface area (Å²) in [5.41, 5.74) is 4.50. The van der Waals surface area contributed by atoms with Gasteiger partial charge in [0, 0.05) is 11.1 Å². The number of aromatic nitrogens is 1. The standard InChI is InChI=1S/C13H17N3O2S2/c1-9-4-5-11(20(17,18)14-3)6-12(9)16-10(2)13-7-19-8-15-13/h4-8,10,14,16H,1-3H3. The van der Waals surface area contributed by atoms with E-state index in [-0.39, 0.29) is 10.9 Å². The molecular weight excluding hydrogens is 294 g/mol. The highest BCUT2D eigenvalue weighted by Crippen LogP contribution is 2.24. The number of sulfonamides is 1. The summed E-state index contributed by atoms with van der Waals surface area (Å²) in [6.45, 7) is 3.93. The number of anilines is 1. The molecule has 0 aliphatic heterocycles. The first kappa shape index (κ1) is 15.0. The predicted molar refractivity (Wildman–Crippen MR) is 81.6 cm³/mol. The SMILES string of the molecule is CNS(=O)(=O)c1ccc(C)c(NC(C)c2cscn2)c1. The molecule has 1 atom stereocenters. The van der Waals surface area contributed by atoms with Crippen LogP contribution in [-0.4, -0.2) is 20.4 Å². The van der Waals surface area contributed by atoms with E-state index in [0.717, 1.165) is 16.9 Å². The Morgan fingerprint density at radius 2 is 2.10 bits per heavy atom. The summed E-state index contributed by atoms with van der Waals surface area (Å²) in [5.74, 6) is 0. The van der Waals surface area contributed by atoms with Gasteiger partial charge in [-0.25, -0.2) is 18.1 Å². The van der Waals surface area contributed by atoms with Crippen LogP contribution in [0.4, 0.5) is 5.69 Å². The van der Waals surface area contributed by atoms with E-state index < -0.39 is 10.0 Å². The second-order valence-corrected chi connectivity index (χ2v) is 7.07. The third-order valence-corrected chi connectivity index (χ3v) is 5.07. The van der Waals surface area contributed by atoms with Crippen LogP contribution >= 0.6 is 11.3 Å². The molecule has 0 aliphatic carbocycles. The van der Waals surface area contributed by atoms with Crippen LogP contribution in [0, 0.1) is 6.92 Å². The topological polar surface area (TPSA) is 71.1 Å². The van der Waals surface area contributed by atoms with Gasteiger partial charge in [-0.05, 0) is 38.6 Å². The van der Waals surface area contributed by atoms with Crippen LogP contribution in [0.2, 0.25) is 0 Å². The molecule has 0 radical (unpaired) electrons. The molecule has 0 saturated carbocycles. The molecular formula is C13H17N3O2S2. The van der Waals surface area contributed by atoms with Crippen LogP contribution in [-0.2, 0) is 10.0 Å². The summed E-state index contributed by atoms with van der Waals surface area (Å²) in [4.78, 5) is 4.50. The Hall–Kier alpha value is -1.44. The zero-order chi connectivity index (χ0) is 14.8. The van der Waals surface area contributed by atoms with Gasteiger partial charge in [0.15, 0.2) is 0 Å². The van der Waals surface area contributed by atoms with Crippen molar-refractivity contribution in [1.29, 1.82) is 0 Å². The first-order valence-electron chi connectivity index (χ1n) is 6.13. The fourth-order valence-corrected chi connectivity index (χ4v) is 3.19. The predicted octanol–water partition coefficient (Wildman–Crippen LogP) is 2.53. The van der Waals surface area contributed by atoms with Gasteiger partial charge in [-0.2, -0.15) is 0 Å². The molecule has 1 heterocycles. The summed E-state index contributed by atoms with van der Waals surface area (Å²) in [6, 6.07) is 5.05. The number of benzene rings is 1. The quantitative estimate of drug-likeness (QED) is 0.890. The lowest BCUT2D eigenvalue weighted by atomic mass is 10.1. The minimum absolute atomic E-state index is 0.0208. The average molecular weight is 311 g/mol. The molecule has 0 bridgehead atoms. The molecule has 1 unspecified atom stereocenters. The van der Waals surface area contributed by atoms with Crippen molar-refractivity contribution < 1.29 is 8.42 Å². The molecule has 5 nitrogen and oxygen atoms in total. The second kappa shape index (κ2) is 5.90. The normalized spacial score (nSPS) is 13.2. The number of nitrogens with zero attached hydrogens (tertiary/aromatic N) is 1. The summed E-state index contributed by atoms with van der Waals surface area (Å²) >= 11 is 1.54. The zero-order valence-electron chi connectivity index (χ0n) is 11.5. The minimum atomic E-state index is -3.43. The lowest BCUT2D eigenvalue weighted by Crippen LogP contribution is -2.19. The van der Waals surface area contributed by atoms with E-state index in [1.807, 2.05) is 19.2 Å². The maximum Gasteiger partial charge on any atom is 0.240 e. The molecule has 108 valence electrons. The Morgan fingerprint density at radius 3 is 2.70 bits per heavy atom. The Kier molecular flexibility index (Phi) is 4.42. The van der Waals surface area contributed by atoms with E-state index in [1.165, 1.54) is 18.4 Å². The van der Waals surface area contributed by atoms with Crippen LogP contribution in [0.5, 0.6) is 0 Å². The van der Waals surface area contributed by atoms with Crippen LogP contribution in [0.3, 0.4) is 0 Å². The Bertz CT molecular complexity index is 682. The highest BCUT2D eigenvalue weighted by molar-refractivity contribution is 7.89. The third-order valence-electron chi connectivity index (χ3n) is 3.06. The molecule has 0 saturated heterocycles. The van der Waals surface area contributed by atoms with Gasteiger partial charge < -0.3 is 5.32 Å². The third kappa shape index (κ3) is 3.17. The van der Waals surface area contributed by atoms with Gasteiger partial charge in [0.05, 0.1) is 22.1 Å². The molecule has 2 N–H and O–H groups in total. The maximum atomic E-state index is 11.8. The summed E-state index contributed by atoms with van der Waals surface area (Å²) < 4.78 is 26.0. The molecule has 2 aromatic rings. The average Bonchev–Trinajstić information content (AvgIpc) is 2.95. The first-order chi connectivity index (χ1) is 9.44. The van der Waals surface area contributed by atoms with Gasteiger partial charge in [-0.3, -0.25) is 0 Å². The number of thiazole rings is 1. The van der Waals surface area contributed by atoms with Gasteiger partial charge in [0.25, 0.3) is 0 Å². The molecule has 0 spiro atoms. The molecule has 2 rings (SSSR count). The van der Waals surface area contributed by atoms with Gasteiger partial charge >= 0.3 is 0 Å². The molecule has 7 heteroatoms. The number of rotatable bonds is 5. The fraction of sp³-hybridized carbons (Fsp3) is 0.308. The van der Waals surface area contributed by atoms with Crippen molar-refractivity contribution in [2.24, 2.45) is 0 Å². The zero-order valence-corrected chi connectivity index (χ0v) is 13.2. The lowest BCUT2D eigenvalue weighted by Gasteiger charge is -2.16. The van der Waals surface area contributed by atoms with Crippen molar-refractivity contribution in [3.05, 3.63) is 40.3 Å². The second-order valence-electron chi connectivity index (χ2n) is 4.46. The molecule has 1 aromatic heterocycles. The van der Waals surface area contributed by atoms with E-state index in [0.29, 0.717) is 0 Å². The number of aryl methyl sites for hydroxylation is 1. The summed E-state index contributed by atoms with van der Waals surface area (Å²) in [6.07, 6.45) is 0. The Balaban J connectivity index is 2.30. The molecule has 20 heavy (non-hydrogen) atoms. The first-order valence-corrected chi connectivity index (χ1v) is 8.55. The number of nitrogens with one attached hydrogen (secondary N) is 2. The van der Waals surface area contributed by atoms with E-state index >= 15 is 0 Å². The van der Waals surface area contributed by atoms with Crippen LogP contribution < -0.4 is 10.0 Å². The summed E-state index contributed by atoms with van der Waals surface area (Å²) in [5, 5.41) is 5.27. The van der Waals surface area contributed by atoms with Gasteiger partial charge in [0.2, 0.25) is 10.0 Å². The minimum Gasteiger partial charge on any atom is -0.377 e. The van der Waals surface area contributed by atoms with E-state index in [1.54, 1.807) is 23.7 Å². The Labute approximate surface area is 123 Å².